The van der Waals surface area contributed by atoms with Crippen molar-refractivity contribution in [1.29, 1.82) is 0 Å². The summed E-state index contributed by atoms with van der Waals surface area (Å²) in [4.78, 5) is 23.4. The molecule has 1 amide bonds. The van der Waals surface area contributed by atoms with Gasteiger partial charge in [0.15, 0.2) is 0 Å². The van der Waals surface area contributed by atoms with E-state index in [2.05, 4.69) is 20.6 Å². The van der Waals surface area contributed by atoms with Crippen LogP contribution in [-0.4, -0.2) is 63.4 Å². The Morgan fingerprint density at radius 3 is 2.76 bits per heavy atom. The number of benzene rings is 2. The number of rotatable bonds is 9. The molecule has 4 N–H and O–H groups in total. The van der Waals surface area contributed by atoms with Crippen molar-refractivity contribution in [2.75, 3.05) is 31.7 Å². The van der Waals surface area contributed by atoms with Crippen molar-refractivity contribution < 1.29 is 28.5 Å². The zero-order valence-electron chi connectivity index (χ0n) is 22.5. The van der Waals surface area contributed by atoms with Crippen molar-refractivity contribution in [1.82, 2.24) is 20.2 Å². The van der Waals surface area contributed by atoms with E-state index in [0.29, 0.717) is 53.1 Å². The molecule has 3 aromatic rings. The molecule has 0 radical (unpaired) electrons. The number of halogens is 3. The van der Waals surface area contributed by atoms with Crippen LogP contribution in [0.5, 0.6) is 0 Å². The number of aliphatic hydroxyl groups is 2. The van der Waals surface area contributed by atoms with Crippen LogP contribution in [0.3, 0.4) is 0 Å². The Labute approximate surface area is 241 Å². The average Bonchev–Trinajstić information content (AvgIpc) is 3.27. The van der Waals surface area contributed by atoms with E-state index in [1.54, 1.807) is 23.2 Å². The number of ether oxygens (including phenoxy) is 1. The Balaban J connectivity index is 1.26. The molecule has 3 heterocycles. The molecule has 9 nitrogen and oxygen atoms in total. The third-order valence-corrected chi connectivity index (χ3v) is 7.65. The number of amides is 1. The summed E-state index contributed by atoms with van der Waals surface area (Å²) in [6, 6.07) is 10.5. The minimum Gasteiger partial charge on any atom is -0.394 e. The molecule has 5 rings (SSSR count). The van der Waals surface area contributed by atoms with E-state index in [4.69, 9.17) is 16.3 Å². The standard InChI is InChI=1S/C29H32ClF2N5O4/c1-29(31,32)20-4-2-3-17(11-20)24(16-38)35-25(39)15-37-14-19-6-5-18(12-22(19)27(37)40)26-23(30)13-33-28(36-26)34-21-7-9-41-10-8-21/h2-6,11-13,21,24,27,38,40H,7-10,14-16H2,1H3,(H,35,39)(H,33,34,36)/t24-,27?/m1/s1. The van der Waals surface area contributed by atoms with Crippen LogP contribution < -0.4 is 10.6 Å². The Morgan fingerprint density at radius 2 is 2.02 bits per heavy atom. The van der Waals surface area contributed by atoms with E-state index in [1.165, 1.54) is 18.2 Å². The molecule has 2 aromatic carbocycles. The smallest absolute Gasteiger partial charge is 0.270 e. The van der Waals surface area contributed by atoms with Crippen molar-refractivity contribution in [3.05, 3.63) is 75.9 Å². The SMILES string of the molecule is CC(F)(F)c1cccc([C@@H](CO)NC(=O)CN2Cc3ccc(-c4nc(NC5CCOCC5)ncc4Cl)cc3C2O)c1. The predicted octanol–water partition coefficient (Wildman–Crippen LogP) is 4.16. The molecule has 0 aliphatic carbocycles. The molecule has 2 aliphatic rings. The largest absolute Gasteiger partial charge is 0.394 e. The number of aromatic nitrogens is 2. The van der Waals surface area contributed by atoms with Crippen molar-refractivity contribution in [2.24, 2.45) is 0 Å². The number of nitrogens with one attached hydrogen (secondary N) is 2. The fraction of sp³-hybridized carbons (Fsp3) is 0.414. The van der Waals surface area contributed by atoms with E-state index in [0.717, 1.165) is 25.3 Å². The molecule has 2 atom stereocenters. The molecular weight excluding hydrogens is 556 g/mol. The van der Waals surface area contributed by atoms with Crippen LogP contribution in [0, 0.1) is 0 Å². The molecular formula is C29H32ClF2N5O4. The van der Waals surface area contributed by atoms with E-state index in [-0.39, 0.29) is 18.2 Å². The molecule has 1 unspecified atom stereocenters. The summed E-state index contributed by atoms with van der Waals surface area (Å²) in [5.74, 6) is -3.06. The molecule has 1 aromatic heterocycles. The molecule has 12 heteroatoms. The van der Waals surface area contributed by atoms with Gasteiger partial charge in [0.05, 0.1) is 36.1 Å². The Hall–Kier alpha value is -3.22. The molecule has 2 aliphatic heterocycles. The van der Waals surface area contributed by atoms with Gasteiger partial charge in [0, 0.05) is 49.4 Å². The number of hydrogen-bond donors (Lipinski definition) is 4. The molecule has 1 fully saturated rings. The van der Waals surface area contributed by atoms with Crippen molar-refractivity contribution in [3.63, 3.8) is 0 Å². The number of fused-ring (bicyclic) bond motifs is 1. The highest BCUT2D eigenvalue weighted by atomic mass is 35.5. The van der Waals surface area contributed by atoms with Crippen LogP contribution in [0.15, 0.2) is 48.7 Å². The molecule has 0 bridgehead atoms. The van der Waals surface area contributed by atoms with Gasteiger partial charge in [0.2, 0.25) is 11.9 Å². The monoisotopic (exact) mass is 587 g/mol. The molecule has 218 valence electrons. The fourth-order valence-corrected chi connectivity index (χ4v) is 5.32. The average molecular weight is 588 g/mol. The van der Waals surface area contributed by atoms with E-state index in [9.17, 15) is 23.8 Å². The first kappa shape index (κ1) is 29.3. The highest BCUT2D eigenvalue weighted by Crippen LogP contribution is 2.36. The van der Waals surface area contributed by atoms with Gasteiger partial charge in [-0.2, -0.15) is 0 Å². The van der Waals surface area contributed by atoms with Crippen molar-refractivity contribution in [2.45, 2.75) is 50.5 Å². The summed E-state index contributed by atoms with van der Waals surface area (Å²) in [5, 5.41) is 27.3. The van der Waals surface area contributed by atoms with E-state index < -0.39 is 30.7 Å². The summed E-state index contributed by atoms with van der Waals surface area (Å²) < 4.78 is 33.0. The molecule has 1 saturated heterocycles. The Kier molecular flexibility index (Phi) is 8.81. The lowest BCUT2D eigenvalue weighted by molar-refractivity contribution is -0.126. The van der Waals surface area contributed by atoms with Crippen molar-refractivity contribution >= 4 is 23.5 Å². The van der Waals surface area contributed by atoms with Crippen LogP contribution >= 0.6 is 11.6 Å². The number of anilines is 1. The van der Waals surface area contributed by atoms with Gasteiger partial charge in [-0.05, 0) is 36.1 Å². The highest BCUT2D eigenvalue weighted by molar-refractivity contribution is 6.32. The predicted molar refractivity (Wildman–Crippen MR) is 149 cm³/mol. The van der Waals surface area contributed by atoms with Gasteiger partial charge >= 0.3 is 0 Å². The van der Waals surface area contributed by atoms with Gasteiger partial charge in [0.1, 0.15) is 6.23 Å². The molecule has 41 heavy (non-hydrogen) atoms. The lowest BCUT2D eigenvalue weighted by Gasteiger charge is -2.23. The van der Waals surface area contributed by atoms with Crippen LogP contribution in [0.2, 0.25) is 5.02 Å². The highest BCUT2D eigenvalue weighted by Gasteiger charge is 2.31. The Morgan fingerprint density at radius 1 is 1.24 bits per heavy atom. The van der Waals surface area contributed by atoms with Crippen LogP contribution in [-0.2, 0) is 22.0 Å². The van der Waals surface area contributed by atoms with Gasteiger partial charge in [-0.15, -0.1) is 0 Å². The second-order valence-electron chi connectivity index (χ2n) is 10.4. The fourth-order valence-electron chi connectivity index (χ4n) is 5.12. The zero-order valence-corrected chi connectivity index (χ0v) is 23.2. The molecule has 0 saturated carbocycles. The maximum atomic E-state index is 13.8. The first-order chi connectivity index (χ1) is 19.6. The second kappa shape index (κ2) is 12.3. The van der Waals surface area contributed by atoms with Gasteiger partial charge < -0.3 is 25.6 Å². The van der Waals surface area contributed by atoms with Gasteiger partial charge in [-0.25, -0.2) is 18.7 Å². The summed E-state index contributed by atoms with van der Waals surface area (Å²) in [7, 11) is 0. The maximum absolute atomic E-state index is 13.8. The van der Waals surface area contributed by atoms with Crippen molar-refractivity contribution in [3.8, 4) is 11.3 Å². The lowest BCUT2D eigenvalue weighted by atomic mass is 10.0. The summed E-state index contributed by atoms with van der Waals surface area (Å²) >= 11 is 6.45. The number of carbonyl (C=O) groups is 1. The lowest BCUT2D eigenvalue weighted by Crippen LogP contribution is -2.39. The summed E-state index contributed by atoms with van der Waals surface area (Å²) in [5.41, 5.74) is 2.84. The van der Waals surface area contributed by atoms with Gasteiger partial charge in [-0.3, -0.25) is 9.69 Å². The minimum absolute atomic E-state index is 0.168. The number of carbonyl (C=O) groups excluding carboxylic acids is 1. The van der Waals surface area contributed by atoms with Crippen LogP contribution in [0.1, 0.15) is 54.3 Å². The maximum Gasteiger partial charge on any atom is 0.270 e. The van der Waals surface area contributed by atoms with E-state index >= 15 is 0 Å². The van der Waals surface area contributed by atoms with Crippen LogP contribution in [0.4, 0.5) is 14.7 Å². The van der Waals surface area contributed by atoms with Crippen LogP contribution in [0.25, 0.3) is 11.3 Å². The van der Waals surface area contributed by atoms with Gasteiger partial charge in [-0.1, -0.05) is 41.9 Å². The minimum atomic E-state index is -3.05. The second-order valence-corrected chi connectivity index (χ2v) is 10.8. The number of alkyl halides is 2. The third kappa shape index (κ3) is 6.82. The summed E-state index contributed by atoms with van der Waals surface area (Å²) in [6.45, 7) is 1.83. The number of nitrogens with zero attached hydrogens (tertiary/aromatic N) is 3. The van der Waals surface area contributed by atoms with E-state index in [1.807, 2.05) is 12.1 Å². The first-order valence-corrected chi connectivity index (χ1v) is 13.8. The summed E-state index contributed by atoms with van der Waals surface area (Å²) in [6.07, 6.45) is 2.19. The van der Waals surface area contributed by atoms with Gasteiger partial charge in [0.25, 0.3) is 5.92 Å². The normalized spacial score (nSPS) is 18.6. The third-order valence-electron chi connectivity index (χ3n) is 7.38. The zero-order chi connectivity index (χ0) is 29.1. The quantitative estimate of drug-likeness (QED) is 0.295. The first-order valence-electron chi connectivity index (χ1n) is 13.4. The molecule has 0 spiro atoms. The Bertz CT molecular complexity index is 1400. The number of hydrogen-bond acceptors (Lipinski definition) is 8. The topological polar surface area (TPSA) is 120 Å². The number of aliphatic hydroxyl groups excluding tert-OH is 2.